The van der Waals surface area contributed by atoms with Crippen molar-refractivity contribution >= 4 is 0 Å². The van der Waals surface area contributed by atoms with Crippen LogP contribution >= 0.6 is 0 Å². The van der Waals surface area contributed by atoms with Gasteiger partial charge in [0.25, 0.3) is 0 Å². The van der Waals surface area contributed by atoms with Gasteiger partial charge in [-0.2, -0.15) is 4.80 Å². The Bertz CT molecular complexity index is 540. The Morgan fingerprint density at radius 1 is 1.50 bits per heavy atom. The van der Waals surface area contributed by atoms with E-state index in [1.807, 2.05) is 0 Å². The van der Waals surface area contributed by atoms with E-state index in [2.05, 4.69) is 15.4 Å². The first-order valence-electron chi connectivity index (χ1n) is 5.47. The van der Waals surface area contributed by atoms with Gasteiger partial charge in [0.15, 0.2) is 6.61 Å². The van der Waals surface area contributed by atoms with Gasteiger partial charge in [-0.05, 0) is 18.2 Å². The summed E-state index contributed by atoms with van der Waals surface area (Å²) in [5, 5.41) is 11.4. The average Bonchev–Trinajstić information content (AvgIpc) is 2.72. The number of nitrogens with zero attached hydrogens (tertiary/aromatic N) is 4. The van der Waals surface area contributed by atoms with E-state index in [0.29, 0.717) is 17.1 Å². The van der Waals surface area contributed by atoms with Crippen LogP contribution in [-0.2, 0) is 13.7 Å². The van der Waals surface area contributed by atoms with E-state index in [1.54, 1.807) is 26.1 Å². The lowest BCUT2D eigenvalue weighted by Crippen LogP contribution is -2.07. The molecule has 0 saturated carbocycles. The van der Waals surface area contributed by atoms with Crippen molar-refractivity contribution in [2.24, 2.45) is 12.8 Å². The SMILES string of the molecule is CC(N)c1ccc(OCc2nnn(C)n2)cc1F. The van der Waals surface area contributed by atoms with E-state index in [9.17, 15) is 4.39 Å². The summed E-state index contributed by atoms with van der Waals surface area (Å²) in [6.07, 6.45) is 0. The van der Waals surface area contributed by atoms with Crippen LogP contribution in [0.4, 0.5) is 4.39 Å². The Morgan fingerprint density at radius 3 is 2.83 bits per heavy atom. The van der Waals surface area contributed by atoms with E-state index >= 15 is 0 Å². The van der Waals surface area contributed by atoms with Crippen molar-refractivity contribution in [3.8, 4) is 5.75 Å². The van der Waals surface area contributed by atoms with Crippen LogP contribution in [0.1, 0.15) is 24.4 Å². The van der Waals surface area contributed by atoms with Crippen molar-refractivity contribution in [2.75, 3.05) is 0 Å². The van der Waals surface area contributed by atoms with E-state index in [1.165, 1.54) is 10.9 Å². The Hall–Kier alpha value is -2.02. The topological polar surface area (TPSA) is 78.9 Å². The fourth-order valence-electron chi connectivity index (χ4n) is 1.50. The molecule has 1 aromatic heterocycles. The molecular formula is C11H14FN5O. The Balaban J connectivity index is 2.04. The van der Waals surface area contributed by atoms with Crippen LogP contribution < -0.4 is 10.5 Å². The molecule has 0 aliphatic rings. The zero-order valence-corrected chi connectivity index (χ0v) is 10.2. The normalized spacial score (nSPS) is 12.4. The van der Waals surface area contributed by atoms with Crippen molar-refractivity contribution in [3.63, 3.8) is 0 Å². The number of ether oxygens (including phenoxy) is 1. The summed E-state index contributed by atoms with van der Waals surface area (Å²) in [6, 6.07) is 4.23. The van der Waals surface area contributed by atoms with Gasteiger partial charge in [0.2, 0.25) is 5.82 Å². The van der Waals surface area contributed by atoms with Crippen LogP contribution in [0, 0.1) is 5.82 Å². The molecule has 2 rings (SSSR count). The van der Waals surface area contributed by atoms with Gasteiger partial charge < -0.3 is 10.5 Å². The zero-order valence-electron chi connectivity index (χ0n) is 10.2. The molecule has 6 nitrogen and oxygen atoms in total. The molecule has 7 heteroatoms. The molecule has 1 unspecified atom stereocenters. The van der Waals surface area contributed by atoms with Crippen molar-refractivity contribution in [2.45, 2.75) is 19.6 Å². The minimum atomic E-state index is -0.380. The standard InChI is InChI=1S/C11H14FN5O/c1-7(13)9-4-3-8(5-10(9)12)18-6-11-14-16-17(2)15-11/h3-5,7H,6,13H2,1-2H3. The molecular weight excluding hydrogens is 237 g/mol. The number of benzene rings is 1. The van der Waals surface area contributed by atoms with E-state index in [-0.39, 0.29) is 18.5 Å². The van der Waals surface area contributed by atoms with Gasteiger partial charge in [0.1, 0.15) is 11.6 Å². The molecule has 0 bridgehead atoms. The molecule has 18 heavy (non-hydrogen) atoms. The average molecular weight is 251 g/mol. The van der Waals surface area contributed by atoms with Crippen LogP contribution in [0.5, 0.6) is 5.75 Å². The largest absolute Gasteiger partial charge is 0.485 e. The number of aromatic nitrogens is 4. The number of rotatable bonds is 4. The Morgan fingerprint density at radius 2 is 2.28 bits per heavy atom. The van der Waals surface area contributed by atoms with Crippen molar-refractivity contribution < 1.29 is 9.13 Å². The molecule has 2 aromatic rings. The number of tetrazole rings is 1. The highest BCUT2D eigenvalue weighted by atomic mass is 19.1. The monoisotopic (exact) mass is 251 g/mol. The summed E-state index contributed by atoms with van der Waals surface area (Å²) in [4.78, 5) is 1.33. The molecule has 0 spiro atoms. The molecule has 0 aliphatic heterocycles. The quantitative estimate of drug-likeness (QED) is 0.875. The van der Waals surface area contributed by atoms with Crippen LogP contribution in [0.15, 0.2) is 18.2 Å². The van der Waals surface area contributed by atoms with Crippen molar-refractivity contribution in [1.29, 1.82) is 0 Å². The van der Waals surface area contributed by atoms with E-state index < -0.39 is 0 Å². The predicted octanol–water partition coefficient (Wildman–Crippen LogP) is 0.948. The molecule has 0 fully saturated rings. The van der Waals surface area contributed by atoms with Gasteiger partial charge in [0, 0.05) is 17.7 Å². The number of halogens is 1. The second kappa shape index (κ2) is 5.09. The maximum atomic E-state index is 13.6. The number of nitrogens with two attached hydrogens (primary N) is 1. The third-order valence-electron chi connectivity index (χ3n) is 2.38. The summed E-state index contributed by atoms with van der Waals surface area (Å²) in [7, 11) is 1.66. The van der Waals surface area contributed by atoms with Gasteiger partial charge in [-0.1, -0.05) is 6.07 Å². The first kappa shape index (κ1) is 12.4. The summed E-state index contributed by atoms with van der Waals surface area (Å²) in [6.45, 7) is 1.87. The maximum Gasteiger partial charge on any atom is 0.212 e. The molecule has 0 amide bonds. The van der Waals surface area contributed by atoms with Crippen LogP contribution in [-0.4, -0.2) is 20.2 Å². The van der Waals surface area contributed by atoms with Crippen molar-refractivity contribution in [1.82, 2.24) is 20.2 Å². The predicted molar refractivity (Wildman–Crippen MR) is 62.1 cm³/mol. The molecule has 2 N–H and O–H groups in total. The van der Waals surface area contributed by atoms with Crippen molar-refractivity contribution in [3.05, 3.63) is 35.4 Å². The lowest BCUT2D eigenvalue weighted by molar-refractivity contribution is 0.293. The molecule has 1 aromatic carbocycles. The summed E-state index contributed by atoms with van der Waals surface area (Å²) < 4.78 is 19.0. The maximum absolute atomic E-state index is 13.6. The van der Waals surface area contributed by atoms with E-state index in [0.717, 1.165) is 0 Å². The highest BCUT2D eigenvalue weighted by Gasteiger charge is 2.09. The Labute approximate surface area is 104 Å². The lowest BCUT2D eigenvalue weighted by atomic mass is 10.1. The molecule has 1 heterocycles. The van der Waals surface area contributed by atoms with Crippen LogP contribution in [0.25, 0.3) is 0 Å². The summed E-state index contributed by atoms with van der Waals surface area (Å²) in [5.74, 6) is 0.466. The lowest BCUT2D eigenvalue weighted by Gasteiger charge is -2.09. The van der Waals surface area contributed by atoms with Gasteiger partial charge in [-0.25, -0.2) is 4.39 Å². The minimum absolute atomic E-state index is 0.144. The highest BCUT2D eigenvalue weighted by Crippen LogP contribution is 2.20. The number of hydrogen-bond acceptors (Lipinski definition) is 5. The van der Waals surface area contributed by atoms with Gasteiger partial charge >= 0.3 is 0 Å². The van der Waals surface area contributed by atoms with Crippen LogP contribution in [0.2, 0.25) is 0 Å². The molecule has 0 radical (unpaired) electrons. The fourth-order valence-corrected chi connectivity index (χ4v) is 1.50. The first-order chi connectivity index (χ1) is 8.56. The zero-order chi connectivity index (χ0) is 13.1. The van der Waals surface area contributed by atoms with Gasteiger partial charge in [-0.3, -0.25) is 0 Å². The highest BCUT2D eigenvalue weighted by molar-refractivity contribution is 5.30. The molecule has 1 atom stereocenters. The number of hydrogen-bond donors (Lipinski definition) is 1. The third-order valence-corrected chi connectivity index (χ3v) is 2.38. The molecule has 0 aliphatic carbocycles. The smallest absolute Gasteiger partial charge is 0.212 e. The Kier molecular flexibility index (Phi) is 3.52. The summed E-state index contributed by atoms with van der Waals surface area (Å²) >= 11 is 0. The fraction of sp³-hybridized carbons (Fsp3) is 0.364. The third kappa shape index (κ3) is 2.80. The second-order valence-corrected chi connectivity index (χ2v) is 3.96. The summed E-state index contributed by atoms with van der Waals surface area (Å²) in [5.41, 5.74) is 6.08. The minimum Gasteiger partial charge on any atom is -0.485 e. The van der Waals surface area contributed by atoms with Gasteiger partial charge in [-0.15, -0.1) is 10.2 Å². The molecule has 0 saturated heterocycles. The number of aryl methyl sites for hydroxylation is 1. The second-order valence-electron chi connectivity index (χ2n) is 3.96. The molecule has 96 valence electrons. The van der Waals surface area contributed by atoms with Gasteiger partial charge in [0.05, 0.1) is 7.05 Å². The first-order valence-corrected chi connectivity index (χ1v) is 5.47. The van der Waals surface area contributed by atoms with E-state index in [4.69, 9.17) is 10.5 Å². The van der Waals surface area contributed by atoms with Crippen LogP contribution in [0.3, 0.4) is 0 Å².